The van der Waals surface area contributed by atoms with Crippen LogP contribution in [0.15, 0.2) is 41.4 Å². The highest BCUT2D eigenvalue weighted by atomic mass is 32.1. The van der Waals surface area contributed by atoms with Crippen LogP contribution in [0.1, 0.15) is 41.8 Å². The van der Waals surface area contributed by atoms with Crippen LogP contribution < -0.4 is 9.54 Å². The second kappa shape index (κ2) is 7.87. The van der Waals surface area contributed by atoms with Gasteiger partial charge >= 0.3 is 0 Å². The molecule has 0 fully saturated rings. The second-order valence-electron chi connectivity index (χ2n) is 6.31. The summed E-state index contributed by atoms with van der Waals surface area (Å²) < 4.78 is 8.80. The molecule has 26 heavy (non-hydrogen) atoms. The van der Waals surface area contributed by atoms with Crippen molar-refractivity contribution in [3.05, 3.63) is 57.9 Å². The molecule has 0 saturated carbocycles. The van der Waals surface area contributed by atoms with Crippen LogP contribution in [0.4, 0.5) is 0 Å². The summed E-state index contributed by atoms with van der Waals surface area (Å²) in [5.74, 6) is 0.645. The van der Waals surface area contributed by atoms with Gasteiger partial charge in [-0.1, -0.05) is 24.3 Å². The van der Waals surface area contributed by atoms with Gasteiger partial charge in [0.1, 0.15) is 5.75 Å². The van der Waals surface area contributed by atoms with E-state index >= 15 is 0 Å². The Balaban J connectivity index is 2.09. The third-order valence-corrected chi connectivity index (χ3v) is 5.40. The average molecular weight is 369 g/mol. The lowest BCUT2D eigenvalue weighted by molar-refractivity contribution is 0.0997. The van der Waals surface area contributed by atoms with Gasteiger partial charge in [-0.3, -0.25) is 4.79 Å². The normalized spacial score (nSPS) is 11.9. The molecule has 4 nitrogen and oxygen atoms in total. The van der Waals surface area contributed by atoms with Gasteiger partial charge in [0.2, 0.25) is 0 Å². The lowest BCUT2D eigenvalue weighted by Crippen LogP contribution is -2.16. The summed E-state index contributed by atoms with van der Waals surface area (Å²) in [5.41, 5.74) is 3.99. The van der Waals surface area contributed by atoms with Crippen LogP contribution in [-0.2, 0) is 6.54 Å². The molecule has 5 heteroatoms. The first kappa shape index (κ1) is 18.4. The van der Waals surface area contributed by atoms with Crippen molar-refractivity contribution in [2.45, 2.75) is 40.7 Å². The Kier molecular flexibility index (Phi) is 5.57. The number of hydrogen-bond donors (Lipinski definition) is 0. The summed E-state index contributed by atoms with van der Waals surface area (Å²) in [6.45, 7) is 9.61. The van der Waals surface area contributed by atoms with E-state index in [2.05, 4.69) is 16.5 Å². The molecular weight excluding hydrogens is 344 g/mol. The van der Waals surface area contributed by atoms with E-state index in [1.807, 2.05) is 57.2 Å². The average Bonchev–Trinajstić information content (AvgIpc) is 2.94. The van der Waals surface area contributed by atoms with Gasteiger partial charge in [0.15, 0.2) is 4.80 Å². The lowest BCUT2D eigenvalue weighted by atomic mass is 10.1. The molecule has 0 radical (unpaired) electrons. The number of amides is 1. The molecule has 0 atom stereocenters. The van der Waals surface area contributed by atoms with Crippen LogP contribution in [0.3, 0.4) is 0 Å². The van der Waals surface area contributed by atoms with Crippen LogP contribution in [0, 0.1) is 13.8 Å². The van der Waals surface area contributed by atoms with Crippen LogP contribution in [-0.4, -0.2) is 17.1 Å². The van der Waals surface area contributed by atoms with Crippen LogP contribution in [0.5, 0.6) is 5.75 Å². The molecule has 1 aromatic heterocycles. The van der Waals surface area contributed by atoms with E-state index in [1.54, 1.807) is 0 Å². The van der Waals surface area contributed by atoms with Gasteiger partial charge in [0.05, 0.1) is 16.8 Å². The largest absolute Gasteiger partial charge is 0.494 e. The minimum atomic E-state index is -0.199. The van der Waals surface area contributed by atoms with Crippen LogP contribution in [0.2, 0.25) is 0 Å². The number of fused-ring (bicyclic) bond motifs is 1. The van der Waals surface area contributed by atoms with Gasteiger partial charge in [0, 0.05) is 12.1 Å². The Bertz CT molecular complexity index is 1010. The third-order valence-electron chi connectivity index (χ3n) is 4.36. The Hall–Kier alpha value is -2.40. The minimum absolute atomic E-state index is 0.199. The molecule has 1 amide bonds. The molecule has 0 N–H and O–H groups in total. The summed E-state index contributed by atoms with van der Waals surface area (Å²) in [4.78, 5) is 17.9. The zero-order valence-corrected chi connectivity index (χ0v) is 16.5. The molecule has 0 unspecified atom stereocenters. The molecule has 3 rings (SSSR count). The van der Waals surface area contributed by atoms with Gasteiger partial charge in [-0.15, -0.1) is 0 Å². The summed E-state index contributed by atoms with van der Waals surface area (Å²) >= 11 is 1.53. The number of benzene rings is 2. The molecule has 0 spiro atoms. The maximum atomic E-state index is 12.7. The fourth-order valence-electron chi connectivity index (χ4n) is 2.86. The molecule has 0 bridgehead atoms. The molecule has 1 heterocycles. The number of rotatable bonds is 5. The first-order chi connectivity index (χ1) is 12.5. The SMILES string of the molecule is CCCn1c(=NC(=O)c2ccc(C)c(C)c2)sc2cc(OCC)ccc21. The number of carbonyl (C=O) groups is 1. The van der Waals surface area contributed by atoms with Gasteiger partial charge in [-0.05, 0) is 68.7 Å². The topological polar surface area (TPSA) is 43.6 Å². The maximum absolute atomic E-state index is 12.7. The first-order valence-electron chi connectivity index (χ1n) is 8.96. The summed E-state index contributed by atoms with van der Waals surface area (Å²) in [5, 5.41) is 0. The molecule has 0 saturated heterocycles. The number of nitrogens with zero attached hydrogens (tertiary/aromatic N) is 2. The van der Waals surface area contributed by atoms with Crippen molar-refractivity contribution in [1.82, 2.24) is 4.57 Å². The molecule has 3 aromatic rings. The van der Waals surface area contributed by atoms with Crippen molar-refractivity contribution in [1.29, 1.82) is 0 Å². The Morgan fingerprint density at radius 1 is 1.12 bits per heavy atom. The molecule has 2 aromatic carbocycles. The first-order valence-corrected chi connectivity index (χ1v) is 9.77. The Morgan fingerprint density at radius 3 is 2.62 bits per heavy atom. The predicted octanol–water partition coefficient (Wildman–Crippen LogP) is 4.87. The fraction of sp³-hybridized carbons (Fsp3) is 0.333. The number of carbonyl (C=O) groups excluding carboxylic acids is 1. The molecule has 0 aliphatic rings. The summed E-state index contributed by atoms with van der Waals surface area (Å²) in [6, 6.07) is 11.8. The Labute approximate surface area is 157 Å². The van der Waals surface area contributed by atoms with Crippen molar-refractivity contribution in [2.24, 2.45) is 4.99 Å². The van der Waals surface area contributed by atoms with Crippen LogP contribution >= 0.6 is 11.3 Å². The van der Waals surface area contributed by atoms with Crippen molar-refractivity contribution in [3.63, 3.8) is 0 Å². The molecular formula is C21H24N2O2S. The highest BCUT2D eigenvalue weighted by Gasteiger charge is 2.10. The van der Waals surface area contributed by atoms with Gasteiger partial charge in [-0.2, -0.15) is 4.99 Å². The quantitative estimate of drug-likeness (QED) is 0.645. The van der Waals surface area contributed by atoms with E-state index in [4.69, 9.17) is 4.74 Å². The zero-order valence-electron chi connectivity index (χ0n) is 15.7. The standard InChI is InChI=1S/C21H24N2O2S/c1-5-11-23-18-10-9-17(25-6-2)13-19(18)26-21(23)22-20(24)16-8-7-14(3)15(4)12-16/h7-10,12-13H,5-6,11H2,1-4H3. The number of aryl methyl sites for hydroxylation is 3. The van der Waals surface area contributed by atoms with E-state index < -0.39 is 0 Å². The zero-order chi connectivity index (χ0) is 18.7. The number of aromatic nitrogens is 1. The molecule has 0 aliphatic heterocycles. The van der Waals surface area contributed by atoms with Gasteiger partial charge < -0.3 is 9.30 Å². The van der Waals surface area contributed by atoms with E-state index in [9.17, 15) is 4.79 Å². The number of hydrogen-bond acceptors (Lipinski definition) is 3. The second-order valence-corrected chi connectivity index (χ2v) is 7.32. The van der Waals surface area contributed by atoms with E-state index in [0.29, 0.717) is 12.2 Å². The van der Waals surface area contributed by atoms with E-state index in [-0.39, 0.29) is 5.91 Å². The third kappa shape index (κ3) is 3.73. The highest BCUT2D eigenvalue weighted by molar-refractivity contribution is 7.16. The van der Waals surface area contributed by atoms with Gasteiger partial charge in [0.25, 0.3) is 5.91 Å². The van der Waals surface area contributed by atoms with Crippen molar-refractivity contribution >= 4 is 27.5 Å². The molecule has 0 aliphatic carbocycles. The van der Waals surface area contributed by atoms with Gasteiger partial charge in [-0.25, -0.2) is 0 Å². The maximum Gasteiger partial charge on any atom is 0.279 e. The summed E-state index contributed by atoms with van der Waals surface area (Å²) in [7, 11) is 0. The number of ether oxygens (including phenoxy) is 1. The summed E-state index contributed by atoms with van der Waals surface area (Å²) in [6.07, 6.45) is 0.976. The predicted molar refractivity (Wildman–Crippen MR) is 107 cm³/mol. The van der Waals surface area contributed by atoms with E-state index in [0.717, 1.165) is 39.3 Å². The van der Waals surface area contributed by atoms with Crippen molar-refractivity contribution in [2.75, 3.05) is 6.61 Å². The monoisotopic (exact) mass is 368 g/mol. The van der Waals surface area contributed by atoms with E-state index in [1.165, 1.54) is 16.9 Å². The number of thiazole rings is 1. The Morgan fingerprint density at radius 2 is 1.92 bits per heavy atom. The van der Waals surface area contributed by atoms with Crippen molar-refractivity contribution in [3.8, 4) is 5.75 Å². The molecule has 136 valence electrons. The highest BCUT2D eigenvalue weighted by Crippen LogP contribution is 2.24. The lowest BCUT2D eigenvalue weighted by Gasteiger charge is -2.05. The van der Waals surface area contributed by atoms with Crippen LogP contribution in [0.25, 0.3) is 10.2 Å². The van der Waals surface area contributed by atoms with Crippen molar-refractivity contribution < 1.29 is 9.53 Å². The minimum Gasteiger partial charge on any atom is -0.494 e. The smallest absolute Gasteiger partial charge is 0.279 e. The fourth-order valence-corrected chi connectivity index (χ4v) is 3.94.